The van der Waals surface area contributed by atoms with Gasteiger partial charge in [-0.15, -0.1) is 0 Å². The second-order valence-electron chi connectivity index (χ2n) is 14.3. The van der Waals surface area contributed by atoms with Crippen molar-refractivity contribution >= 4 is 29.5 Å². The van der Waals surface area contributed by atoms with E-state index in [9.17, 15) is 24.0 Å². The molecule has 4 saturated heterocycles. The van der Waals surface area contributed by atoms with E-state index < -0.39 is 23.8 Å². The summed E-state index contributed by atoms with van der Waals surface area (Å²) in [7, 11) is 2.18. The van der Waals surface area contributed by atoms with E-state index >= 15 is 0 Å². The zero-order chi connectivity index (χ0) is 32.7. The predicted molar refractivity (Wildman–Crippen MR) is 176 cm³/mol. The summed E-state index contributed by atoms with van der Waals surface area (Å²) < 4.78 is 0. The summed E-state index contributed by atoms with van der Waals surface area (Å²) in [5.74, 6) is -0.310. The molecule has 2 aromatic carbocycles. The van der Waals surface area contributed by atoms with E-state index in [-0.39, 0.29) is 24.7 Å². The van der Waals surface area contributed by atoms with Crippen LogP contribution in [0, 0.1) is 5.92 Å². The Morgan fingerprint density at radius 3 is 2.17 bits per heavy atom. The van der Waals surface area contributed by atoms with E-state index in [2.05, 4.69) is 34.3 Å². The molecule has 4 fully saturated rings. The van der Waals surface area contributed by atoms with Gasteiger partial charge in [-0.2, -0.15) is 0 Å². The number of likely N-dealkylation sites (N-methyl/N-ethyl adjacent to an activating group) is 1. The Morgan fingerprint density at radius 1 is 0.766 bits per heavy atom. The van der Waals surface area contributed by atoms with Gasteiger partial charge in [-0.05, 0) is 125 Å². The van der Waals surface area contributed by atoms with Gasteiger partial charge in [0.05, 0.1) is 11.1 Å². The van der Waals surface area contributed by atoms with Crippen LogP contribution < -0.4 is 5.32 Å². The van der Waals surface area contributed by atoms with Gasteiger partial charge in [0.2, 0.25) is 11.8 Å². The Hall–Kier alpha value is -3.89. The van der Waals surface area contributed by atoms with Gasteiger partial charge in [-0.1, -0.05) is 18.2 Å². The third-order valence-corrected chi connectivity index (χ3v) is 11.2. The summed E-state index contributed by atoms with van der Waals surface area (Å²) >= 11 is 0. The van der Waals surface area contributed by atoms with E-state index in [0.717, 1.165) is 81.0 Å². The number of imide groups is 2. The number of likely N-dealkylation sites (tertiary alicyclic amines) is 3. The monoisotopic (exact) mass is 639 g/mol. The number of amides is 5. The maximum Gasteiger partial charge on any atom is 0.262 e. The first-order valence-corrected chi connectivity index (χ1v) is 17.4. The summed E-state index contributed by atoms with van der Waals surface area (Å²) in [6.45, 7) is 6.83. The van der Waals surface area contributed by atoms with Gasteiger partial charge >= 0.3 is 0 Å². The number of carbonyl (C=O) groups is 5. The fourth-order valence-corrected chi connectivity index (χ4v) is 8.39. The second kappa shape index (κ2) is 13.3. The van der Waals surface area contributed by atoms with Crippen molar-refractivity contribution in [2.45, 2.75) is 69.2 Å². The van der Waals surface area contributed by atoms with Crippen LogP contribution in [0.5, 0.6) is 0 Å². The van der Waals surface area contributed by atoms with E-state index in [0.29, 0.717) is 28.9 Å². The summed E-state index contributed by atoms with van der Waals surface area (Å²) in [5.41, 5.74) is 3.87. The summed E-state index contributed by atoms with van der Waals surface area (Å²) in [5, 5.41) is 2.25. The molecular weight excluding hydrogens is 594 g/mol. The molecule has 0 radical (unpaired) electrons. The number of piperidine rings is 4. The van der Waals surface area contributed by atoms with Crippen molar-refractivity contribution in [3.8, 4) is 0 Å². The van der Waals surface area contributed by atoms with Crippen LogP contribution in [0.25, 0.3) is 0 Å². The molecule has 0 bridgehead atoms. The van der Waals surface area contributed by atoms with Crippen molar-refractivity contribution in [3.63, 3.8) is 0 Å². The van der Waals surface area contributed by atoms with Gasteiger partial charge in [-0.25, -0.2) is 0 Å². The van der Waals surface area contributed by atoms with Gasteiger partial charge < -0.3 is 14.7 Å². The van der Waals surface area contributed by atoms with Gasteiger partial charge in [0.25, 0.3) is 17.7 Å². The lowest BCUT2D eigenvalue weighted by molar-refractivity contribution is -0.136. The largest absolute Gasteiger partial charge is 0.339 e. The molecule has 47 heavy (non-hydrogen) atoms. The normalized spacial score (nSPS) is 25.3. The van der Waals surface area contributed by atoms with E-state index in [1.807, 2.05) is 29.2 Å². The van der Waals surface area contributed by atoms with Crippen molar-refractivity contribution in [2.24, 2.45) is 5.92 Å². The SMILES string of the molecule is CN1CCC[C@@H](c2ccc(C(=O)N3CCC(CN4CCC(c5ccc6c(c5)C(=O)N(C5CCC(=O)NC5=O)C6=O)CC4)CC3)cc2)C1. The minimum atomic E-state index is -0.947. The Labute approximate surface area is 276 Å². The standard InChI is InChI=1S/C37H45N5O5/c1-39-16-2-3-29(23-39)25-4-6-27(7-5-25)35(45)41-19-12-24(13-20-41)22-40-17-14-26(15-18-40)28-8-9-30-31(21-28)37(47)42(36(30)46)32-10-11-33(43)38-34(32)44/h4-9,21,24,26,29,32H,2-3,10-20,22-23H2,1H3,(H,38,43,44)/t29-,32?/m1/s1. The second-order valence-corrected chi connectivity index (χ2v) is 14.3. The molecule has 5 heterocycles. The average molecular weight is 640 g/mol. The van der Waals surface area contributed by atoms with Gasteiger partial charge in [0.1, 0.15) is 6.04 Å². The molecule has 0 aromatic heterocycles. The fraction of sp³-hybridized carbons (Fsp3) is 0.541. The highest BCUT2D eigenvalue weighted by Gasteiger charge is 2.45. The van der Waals surface area contributed by atoms with Crippen LogP contribution in [0.3, 0.4) is 0 Å². The lowest BCUT2D eigenvalue weighted by Gasteiger charge is -2.38. The number of benzene rings is 2. The highest BCUT2D eigenvalue weighted by molar-refractivity contribution is 6.23. The molecule has 5 aliphatic rings. The van der Waals surface area contributed by atoms with Crippen LogP contribution in [0.1, 0.15) is 105 Å². The maximum atomic E-state index is 13.3. The van der Waals surface area contributed by atoms with Crippen molar-refractivity contribution in [1.82, 2.24) is 24.9 Å². The number of hydrogen-bond donors (Lipinski definition) is 1. The topological polar surface area (TPSA) is 110 Å². The molecule has 10 nitrogen and oxygen atoms in total. The Morgan fingerprint density at radius 2 is 1.47 bits per heavy atom. The first-order valence-electron chi connectivity index (χ1n) is 17.4. The highest BCUT2D eigenvalue weighted by Crippen LogP contribution is 2.34. The molecule has 5 aliphatic heterocycles. The Balaban J connectivity index is 0.880. The molecular formula is C37H45N5O5. The van der Waals surface area contributed by atoms with Crippen molar-refractivity contribution < 1.29 is 24.0 Å². The highest BCUT2D eigenvalue weighted by atomic mass is 16.2. The van der Waals surface area contributed by atoms with Crippen LogP contribution in [0.2, 0.25) is 0 Å². The molecule has 0 aliphatic carbocycles. The molecule has 7 rings (SSSR count). The van der Waals surface area contributed by atoms with Crippen molar-refractivity contribution in [3.05, 3.63) is 70.3 Å². The van der Waals surface area contributed by atoms with Crippen LogP contribution in [-0.2, 0) is 9.59 Å². The summed E-state index contributed by atoms with van der Waals surface area (Å²) in [6.07, 6.45) is 6.69. The number of hydrogen-bond acceptors (Lipinski definition) is 7. The summed E-state index contributed by atoms with van der Waals surface area (Å²) in [6, 6.07) is 12.9. The number of fused-ring (bicyclic) bond motifs is 1. The molecule has 1 unspecified atom stereocenters. The molecule has 0 saturated carbocycles. The van der Waals surface area contributed by atoms with Gasteiger partial charge in [0, 0.05) is 38.2 Å². The van der Waals surface area contributed by atoms with Gasteiger partial charge in [-0.3, -0.25) is 34.2 Å². The van der Waals surface area contributed by atoms with Crippen molar-refractivity contribution in [2.75, 3.05) is 52.9 Å². The zero-order valence-corrected chi connectivity index (χ0v) is 27.3. The van der Waals surface area contributed by atoms with Crippen LogP contribution in [0.15, 0.2) is 42.5 Å². The quantitative estimate of drug-likeness (QED) is 0.481. The summed E-state index contributed by atoms with van der Waals surface area (Å²) in [4.78, 5) is 71.6. The van der Waals surface area contributed by atoms with Crippen LogP contribution in [0.4, 0.5) is 0 Å². The molecule has 0 spiro atoms. The molecule has 2 aromatic rings. The molecule has 5 amide bonds. The molecule has 2 atom stereocenters. The first-order chi connectivity index (χ1) is 22.7. The first kappa shape index (κ1) is 31.7. The van der Waals surface area contributed by atoms with Gasteiger partial charge in [0.15, 0.2) is 0 Å². The van der Waals surface area contributed by atoms with Crippen LogP contribution >= 0.6 is 0 Å². The molecule has 248 valence electrons. The predicted octanol–water partition coefficient (Wildman–Crippen LogP) is 3.63. The number of carbonyl (C=O) groups excluding carboxylic acids is 5. The van der Waals surface area contributed by atoms with E-state index in [4.69, 9.17) is 0 Å². The number of rotatable bonds is 6. The maximum absolute atomic E-state index is 13.3. The lowest BCUT2D eigenvalue weighted by Crippen LogP contribution is -2.54. The van der Waals surface area contributed by atoms with E-state index in [1.54, 1.807) is 6.07 Å². The lowest BCUT2D eigenvalue weighted by atomic mass is 9.87. The average Bonchev–Trinajstić information content (AvgIpc) is 3.33. The zero-order valence-electron chi connectivity index (χ0n) is 27.3. The van der Waals surface area contributed by atoms with Crippen molar-refractivity contribution in [1.29, 1.82) is 0 Å². The Bertz CT molecular complexity index is 1560. The van der Waals surface area contributed by atoms with E-state index in [1.165, 1.54) is 24.9 Å². The minimum Gasteiger partial charge on any atom is -0.339 e. The third kappa shape index (κ3) is 6.50. The number of nitrogens with zero attached hydrogens (tertiary/aromatic N) is 4. The third-order valence-electron chi connectivity index (χ3n) is 11.2. The smallest absolute Gasteiger partial charge is 0.262 e. The molecule has 1 N–H and O–H groups in total. The minimum absolute atomic E-state index is 0.109. The Kier molecular flexibility index (Phi) is 8.98. The molecule has 10 heteroatoms. The van der Waals surface area contributed by atoms with Crippen LogP contribution in [-0.4, -0.2) is 108 Å². The fourth-order valence-electron chi connectivity index (χ4n) is 8.39. The number of nitrogens with one attached hydrogen (secondary N) is 1.